The molecule has 0 saturated carbocycles. The van der Waals surface area contributed by atoms with Gasteiger partial charge in [0.05, 0.1) is 6.42 Å². The molecule has 0 aliphatic heterocycles. The number of pyridine rings is 1. The lowest BCUT2D eigenvalue weighted by Gasteiger charge is -2.04. The van der Waals surface area contributed by atoms with E-state index in [1.807, 2.05) is 0 Å². The van der Waals surface area contributed by atoms with Gasteiger partial charge in [0.2, 0.25) is 0 Å². The zero-order chi connectivity index (χ0) is 10.7. The Morgan fingerprint density at radius 2 is 2.21 bits per heavy atom. The van der Waals surface area contributed by atoms with Gasteiger partial charge in [0, 0.05) is 17.3 Å². The Balaban J connectivity index is 3.22. The van der Waals surface area contributed by atoms with Crippen LogP contribution in [0.5, 0.6) is 0 Å². The zero-order valence-electron chi connectivity index (χ0n) is 6.96. The summed E-state index contributed by atoms with van der Waals surface area (Å²) in [6.07, 6.45) is -2.47. The Morgan fingerprint density at radius 1 is 1.57 bits per heavy atom. The maximum absolute atomic E-state index is 12.3. The number of carboxylic acid groups (broad SMARTS) is 1. The number of hydrogen-bond donors (Lipinski definition) is 2. The predicted molar refractivity (Wildman–Crippen MR) is 43.4 cm³/mol. The van der Waals surface area contributed by atoms with E-state index in [-0.39, 0.29) is 0 Å². The second-order valence-electron chi connectivity index (χ2n) is 2.61. The summed E-state index contributed by atoms with van der Waals surface area (Å²) in [5, 5.41) is 8.40. The normalized spacial score (nSPS) is 10.5. The second kappa shape index (κ2) is 3.99. The van der Waals surface area contributed by atoms with E-state index in [0.717, 1.165) is 12.3 Å². The van der Waals surface area contributed by atoms with E-state index >= 15 is 0 Å². The first kappa shape index (κ1) is 10.4. The van der Waals surface area contributed by atoms with Crippen molar-refractivity contribution >= 4 is 5.97 Å². The van der Waals surface area contributed by atoms with Crippen LogP contribution in [-0.2, 0) is 11.2 Å². The van der Waals surface area contributed by atoms with E-state index in [2.05, 4.69) is 4.98 Å². The number of hydrogen-bond acceptors (Lipinski definition) is 2. The van der Waals surface area contributed by atoms with E-state index in [4.69, 9.17) is 5.11 Å². The Morgan fingerprint density at radius 3 is 2.71 bits per heavy atom. The summed E-state index contributed by atoms with van der Waals surface area (Å²) < 4.78 is 24.6. The molecule has 1 aromatic rings. The van der Waals surface area contributed by atoms with Gasteiger partial charge in [-0.05, 0) is 6.07 Å². The van der Waals surface area contributed by atoms with Crippen LogP contribution >= 0.6 is 0 Å². The second-order valence-corrected chi connectivity index (χ2v) is 2.61. The van der Waals surface area contributed by atoms with Gasteiger partial charge in [-0.1, -0.05) is 0 Å². The fourth-order valence-corrected chi connectivity index (χ4v) is 1.06. The predicted octanol–water partition coefficient (Wildman–Crippen LogP) is 0.940. The van der Waals surface area contributed by atoms with Crippen LogP contribution in [0, 0.1) is 0 Å². The number of halogens is 2. The van der Waals surface area contributed by atoms with Gasteiger partial charge >= 0.3 is 5.97 Å². The molecule has 0 spiro atoms. The Hall–Kier alpha value is -1.72. The van der Waals surface area contributed by atoms with Crippen molar-refractivity contribution in [1.29, 1.82) is 0 Å². The monoisotopic (exact) mass is 203 g/mol. The van der Waals surface area contributed by atoms with Crippen LogP contribution < -0.4 is 5.56 Å². The first-order chi connectivity index (χ1) is 6.52. The number of rotatable bonds is 3. The lowest BCUT2D eigenvalue weighted by molar-refractivity contribution is -0.136. The van der Waals surface area contributed by atoms with Crippen LogP contribution in [0.1, 0.15) is 17.6 Å². The third kappa shape index (κ3) is 2.15. The van der Waals surface area contributed by atoms with Gasteiger partial charge in [-0.2, -0.15) is 0 Å². The fraction of sp³-hybridized carbons (Fsp3) is 0.250. The van der Waals surface area contributed by atoms with E-state index in [9.17, 15) is 18.4 Å². The fourth-order valence-electron chi connectivity index (χ4n) is 1.06. The maximum Gasteiger partial charge on any atom is 0.308 e. The highest BCUT2D eigenvalue weighted by Gasteiger charge is 2.17. The highest BCUT2D eigenvalue weighted by atomic mass is 19.3. The molecule has 2 N–H and O–H groups in total. The van der Waals surface area contributed by atoms with Gasteiger partial charge < -0.3 is 10.1 Å². The molecule has 1 heterocycles. The largest absolute Gasteiger partial charge is 0.481 e. The summed E-state index contributed by atoms with van der Waals surface area (Å²) in [6.45, 7) is 0. The first-order valence-electron chi connectivity index (χ1n) is 3.72. The van der Waals surface area contributed by atoms with Crippen LogP contribution in [0.4, 0.5) is 8.78 Å². The number of aliphatic carboxylic acids is 1. The molecule has 4 nitrogen and oxygen atoms in total. The molecule has 1 aromatic heterocycles. The summed E-state index contributed by atoms with van der Waals surface area (Å²) in [5.41, 5.74) is -1.71. The van der Waals surface area contributed by atoms with Crippen molar-refractivity contribution in [3.8, 4) is 0 Å². The molecule has 0 aliphatic carbocycles. The molecular formula is C8H7F2NO3. The number of H-pyrrole nitrogens is 1. The molecule has 0 fully saturated rings. The molecule has 0 amide bonds. The maximum atomic E-state index is 12.3. The molecule has 0 atom stereocenters. The topological polar surface area (TPSA) is 70.2 Å². The minimum atomic E-state index is -2.84. The minimum Gasteiger partial charge on any atom is -0.481 e. The van der Waals surface area contributed by atoms with Gasteiger partial charge in [0.1, 0.15) is 0 Å². The molecule has 0 aromatic carbocycles. The molecule has 0 radical (unpaired) electrons. The number of nitrogens with one attached hydrogen (secondary N) is 1. The highest BCUT2D eigenvalue weighted by Crippen LogP contribution is 2.20. The quantitative estimate of drug-likeness (QED) is 0.767. The van der Waals surface area contributed by atoms with E-state index in [0.29, 0.717) is 0 Å². The average Bonchev–Trinajstić information content (AvgIpc) is 2.07. The molecule has 0 aliphatic rings. The van der Waals surface area contributed by atoms with Crippen LogP contribution in [0.3, 0.4) is 0 Å². The third-order valence-electron chi connectivity index (χ3n) is 1.66. The number of alkyl halides is 2. The van der Waals surface area contributed by atoms with Crippen molar-refractivity contribution in [1.82, 2.24) is 4.98 Å². The number of aromatic nitrogens is 1. The highest BCUT2D eigenvalue weighted by molar-refractivity contribution is 5.70. The smallest absolute Gasteiger partial charge is 0.308 e. The summed E-state index contributed by atoms with van der Waals surface area (Å²) in [4.78, 5) is 23.5. The van der Waals surface area contributed by atoms with Gasteiger partial charge in [-0.15, -0.1) is 0 Å². The van der Waals surface area contributed by atoms with Crippen LogP contribution in [0.2, 0.25) is 0 Å². The molecule has 0 saturated heterocycles. The Bertz CT molecular complexity index is 400. The molecule has 14 heavy (non-hydrogen) atoms. The summed E-state index contributed by atoms with van der Waals surface area (Å²) in [7, 11) is 0. The SMILES string of the molecule is O=C(O)Cc1c(C(F)F)cc[nH]c1=O. The van der Waals surface area contributed by atoms with E-state index in [1.54, 1.807) is 0 Å². The van der Waals surface area contributed by atoms with Crippen molar-refractivity contribution in [3.05, 3.63) is 33.7 Å². The molecule has 1 rings (SSSR count). The number of aromatic amines is 1. The number of carbonyl (C=O) groups is 1. The first-order valence-corrected chi connectivity index (χ1v) is 3.72. The van der Waals surface area contributed by atoms with Crippen molar-refractivity contribution in [2.75, 3.05) is 0 Å². The van der Waals surface area contributed by atoms with Gasteiger partial charge in [0.15, 0.2) is 0 Å². The van der Waals surface area contributed by atoms with Crippen molar-refractivity contribution < 1.29 is 18.7 Å². The summed E-state index contributed by atoms with van der Waals surface area (Å²) in [5.74, 6) is -1.32. The molecule has 76 valence electrons. The van der Waals surface area contributed by atoms with Gasteiger partial charge in [-0.3, -0.25) is 9.59 Å². The molecule has 0 bridgehead atoms. The van der Waals surface area contributed by atoms with Crippen molar-refractivity contribution in [2.45, 2.75) is 12.8 Å². The third-order valence-corrected chi connectivity index (χ3v) is 1.66. The van der Waals surface area contributed by atoms with Crippen LogP contribution in [0.25, 0.3) is 0 Å². The van der Waals surface area contributed by atoms with Gasteiger partial charge in [-0.25, -0.2) is 8.78 Å². The molecule has 6 heteroatoms. The van der Waals surface area contributed by atoms with E-state index in [1.165, 1.54) is 0 Å². The Kier molecular flexibility index (Phi) is 2.95. The number of carboxylic acids is 1. The van der Waals surface area contributed by atoms with Gasteiger partial charge in [0.25, 0.3) is 12.0 Å². The molecular weight excluding hydrogens is 196 g/mol. The average molecular weight is 203 g/mol. The minimum absolute atomic E-state index is 0.394. The summed E-state index contributed by atoms with van der Waals surface area (Å²) >= 11 is 0. The lowest BCUT2D eigenvalue weighted by atomic mass is 10.1. The van der Waals surface area contributed by atoms with Crippen molar-refractivity contribution in [3.63, 3.8) is 0 Å². The van der Waals surface area contributed by atoms with Crippen LogP contribution in [-0.4, -0.2) is 16.1 Å². The lowest BCUT2D eigenvalue weighted by Crippen LogP contribution is -2.18. The van der Waals surface area contributed by atoms with Crippen LogP contribution in [0.15, 0.2) is 17.1 Å². The zero-order valence-corrected chi connectivity index (χ0v) is 6.96. The summed E-state index contributed by atoms with van der Waals surface area (Å²) in [6, 6.07) is 1.00. The Labute approximate surface area is 77.2 Å². The molecule has 0 unspecified atom stereocenters. The van der Waals surface area contributed by atoms with Crippen molar-refractivity contribution in [2.24, 2.45) is 0 Å². The standard InChI is InChI=1S/C8H7F2NO3/c9-7(10)4-1-2-11-8(14)5(4)3-6(12)13/h1-2,7H,3H2,(H,11,14)(H,12,13). The van der Waals surface area contributed by atoms with E-state index < -0.39 is 35.5 Å².